The van der Waals surface area contributed by atoms with Gasteiger partial charge in [-0.05, 0) is 64.2 Å². The molecule has 0 rings (SSSR count). The Kier molecular flexibility index (Phi) is 72.4. The first-order valence-electron chi connectivity index (χ1n) is 34.0. The van der Waals surface area contributed by atoms with E-state index in [2.05, 4.69) is 27.7 Å². The molecule has 0 spiro atoms. The summed E-state index contributed by atoms with van der Waals surface area (Å²) >= 11 is 0. The molecule has 9 heteroatoms. The van der Waals surface area contributed by atoms with Gasteiger partial charge in [-0.3, -0.25) is 9.59 Å². The second-order valence-electron chi connectivity index (χ2n) is 23.4. The Morgan fingerprint density at radius 1 is 0.247 bits per heavy atom. The molecule has 77 heavy (non-hydrogen) atoms. The maximum atomic E-state index is 12.3. The monoisotopic (exact) mass is 1110 g/mol. The third-order valence-corrected chi connectivity index (χ3v) is 15.7. The fourth-order valence-corrected chi connectivity index (χ4v) is 10.6. The molecular formula is C68H130CaO8. The molecule has 0 amide bonds. The molecule has 0 aromatic carbocycles. The molecule has 0 bridgehead atoms. The Hall–Kier alpha value is -0.860. The average Bonchev–Trinajstić information content (AvgIpc) is 3.40. The first kappa shape index (κ1) is 80.4. The van der Waals surface area contributed by atoms with Crippen molar-refractivity contribution in [2.24, 2.45) is 0 Å². The van der Waals surface area contributed by atoms with Crippen LogP contribution in [0.2, 0.25) is 0 Å². The van der Waals surface area contributed by atoms with Crippen LogP contribution in [-0.4, -0.2) is 73.8 Å². The second-order valence-corrected chi connectivity index (χ2v) is 23.4. The number of carbonyl (C=O) groups is 4. The van der Waals surface area contributed by atoms with E-state index in [1.54, 1.807) is 0 Å². The number of hydrogen-bond acceptors (Lipinski definition) is 8. The predicted octanol–water partition coefficient (Wildman–Crippen LogP) is 19.6. The Morgan fingerprint density at radius 2 is 0.416 bits per heavy atom. The zero-order valence-electron chi connectivity index (χ0n) is 52.1. The molecule has 0 aliphatic rings. The van der Waals surface area contributed by atoms with Crippen LogP contribution >= 0.6 is 0 Å². The van der Waals surface area contributed by atoms with E-state index in [0.717, 1.165) is 64.2 Å². The van der Waals surface area contributed by atoms with E-state index in [0.29, 0.717) is 25.7 Å². The van der Waals surface area contributed by atoms with Crippen molar-refractivity contribution in [1.82, 2.24) is 0 Å². The fraction of sp³-hybridized carbons (Fsp3) is 0.941. The fourth-order valence-electron chi connectivity index (χ4n) is 10.6. The molecule has 0 saturated carbocycles. The molecule has 0 radical (unpaired) electrons. The van der Waals surface area contributed by atoms with Crippen LogP contribution in [0, 0.1) is 0 Å². The number of unbranched alkanes of at least 4 members (excludes halogenated alkanes) is 46. The summed E-state index contributed by atoms with van der Waals surface area (Å²) in [6.07, 6.45) is 67.0. The Morgan fingerprint density at radius 3 is 0.597 bits per heavy atom. The van der Waals surface area contributed by atoms with Crippen molar-refractivity contribution < 1.29 is 38.9 Å². The van der Waals surface area contributed by atoms with Crippen LogP contribution in [0.25, 0.3) is 0 Å². The average molecular weight is 1120 g/mol. The maximum absolute atomic E-state index is 12.3. The van der Waals surface area contributed by atoms with Gasteiger partial charge in [-0.1, -0.05) is 323 Å². The molecule has 8 nitrogen and oxygen atoms in total. The van der Waals surface area contributed by atoms with Gasteiger partial charge in [-0.2, -0.15) is 0 Å². The number of hydrogen-bond donors (Lipinski definition) is 0. The van der Waals surface area contributed by atoms with Crippen LogP contribution in [0.5, 0.6) is 0 Å². The Labute approximate surface area is 509 Å². The summed E-state index contributed by atoms with van der Waals surface area (Å²) in [5.41, 5.74) is 0. The summed E-state index contributed by atoms with van der Waals surface area (Å²) in [7, 11) is 0. The third-order valence-electron chi connectivity index (χ3n) is 15.7. The van der Waals surface area contributed by atoms with E-state index < -0.39 is 11.9 Å². The number of ether oxygens (including phenoxy) is 2. The van der Waals surface area contributed by atoms with E-state index >= 15 is 0 Å². The SMILES string of the molecule is CCCCCCCCCCCCCCCC(=O)OC(CCCCCCCCCCCCCC)CCC(=O)[O-].CCCCCCCCCCCCCCCC(=O)OC(CCCCCCCCCCCCCC)CCC(=O)[O-].[Ca+2]. The van der Waals surface area contributed by atoms with E-state index in [1.807, 2.05) is 0 Å². The van der Waals surface area contributed by atoms with Crippen molar-refractivity contribution in [3.05, 3.63) is 0 Å². The summed E-state index contributed by atoms with van der Waals surface area (Å²) in [6.45, 7) is 9.05. The number of carbonyl (C=O) groups excluding carboxylic acids is 4. The predicted molar refractivity (Wildman–Crippen MR) is 326 cm³/mol. The third kappa shape index (κ3) is 71.2. The van der Waals surface area contributed by atoms with Crippen molar-refractivity contribution in [3.8, 4) is 0 Å². The molecule has 0 N–H and O–H groups in total. The number of carboxylic acids is 2. The van der Waals surface area contributed by atoms with Gasteiger partial charge >= 0.3 is 49.7 Å². The maximum Gasteiger partial charge on any atom is 2.00 e. The van der Waals surface area contributed by atoms with E-state index in [1.165, 1.54) is 270 Å². The van der Waals surface area contributed by atoms with Crippen LogP contribution in [0.1, 0.15) is 400 Å². The van der Waals surface area contributed by atoms with Gasteiger partial charge in [0.05, 0.1) is 0 Å². The minimum absolute atomic E-state index is 0. The molecular weight excluding hydrogens is 985 g/mol. The number of rotatable bonds is 62. The minimum atomic E-state index is -1.06. The molecule has 0 fully saturated rings. The van der Waals surface area contributed by atoms with Crippen molar-refractivity contribution in [2.45, 2.75) is 412 Å². The van der Waals surface area contributed by atoms with Gasteiger partial charge in [0.25, 0.3) is 0 Å². The molecule has 0 saturated heterocycles. The summed E-state index contributed by atoms with van der Waals surface area (Å²) in [5.74, 6) is -2.43. The molecule has 2 atom stereocenters. The Bertz CT molecular complexity index is 1110. The van der Waals surface area contributed by atoms with Crippen LogP contribution in [0.4, 0.5) is 0 Å². The molecule has 0 aromatic rings. The largest absolute Gasteiger partial charge is 2.00 e. The normalized spacial score (nSPS) is 11.9. The van der Waals surface area contributed by atoms with Crippen molar-refractivity contribution in [2.75, 3.05) is 0 Å². The van der Waals surface area contributed by atoms with Gasteiger partial charge in [-0.25, -0.2) is 0 Å². The van der Waals surface area contributed by atoms with Crippen LogP contribution in [0.15, 0.2) is 0 Å². The van der Waals surface area contributed by atoms with Crippen LogP contribution in [-0.2, 0) is 28.7 Å². The molecule has 0 heterocycles. The molecule has 0 aliphatic carbocycles. The summed E-state index contributed by atoms with van der Waals surface area (Å²) in [6, 6.07) is 0. The van der Waals surface area contributed by atoms with E-state index in [4.69, 9.17) is 9.47 Å². The summed E-state index contributed by atoms with van der Waals surface area (Å²) in [5, 5.41) is 21.8. The second kappa shape index (κ2) is 69.4. The topological polar surface area (TPSA) is 133 Å². The number of esters is 2. The van der Waals surface area contributed by atoms with Gasteiger partial charge < -0.3 is 29.3 Å². The molecule has 0 aromatic heterocycles. The summed E-state index contributed by atoms with van der Waals surface area (Å²) < 4.78 is 11.4. The quantitative estimate of drug-likeness (QED) is 0.0334. The molecule has 0 aliphatic heterocycles. The first-order valence-corrected chi connectivity index (χ1v) is 34.0. The zero-order valence-corrected chi connectivity index (χ0v) is 54.3. The van der Waals surface area contributed by atoms with Crippen LogP contribution < -0.4 is 10.2 Å². The van der Waals surface area contributed by atoms with E-state index in [-0.39, 0.29) is 74.7 Å². The van der Waals surface area contributed by atoms with Crippen molar-refractivity contribution in [1.29, 1.82) is 0 Å². The smallest absolute Gasteiger partial charge is 0.550 e. The van der Waals surface area contributed by atoms with Gasteiger partial charge in [-0.15, -0.1) is 0 Å². The van der Waals surface area contributed by atoms with Crippen LogP contribution in [0.3, 0.4) is 0 Å². The minimum Gasteiger partial charge on any atom is -0.550 e. The zero-order chi connectivity index (χ0) is 55.9. The van der Waals surface area contributed by atoms with Gasteiger partial charge in [0.2, 0.25) is 0 Å². The number of carboxylic acid groups (broad SMARTS) is 2. The first-order chi connectivity index (χ1) is 37.2. The van der Waals surface area contributed by atoms with Crippen molar-refractivity contribution >= 4 is 61.6 Å². The summed E-state index contributed by atoms with van der Waals surface area (Å²) in [4.78, 5) is 46.5. The number of aliphatic carboxylic acids is 2. The van der Waals surface area contributed by atoms with Crippen molar-refractivity contribution in [3.63, 3.8) is 0 Å². The van der Waals surface area contributed by atoms with Gasteiger partial charge in [0, 0.05) is 24.8 Å². The van der Waals surface area contributed by atoms with Gasteiger partial charge in [0.1, 0.15) is 12.2 Å². The Balaban J connectivity index is -0.00000140. The molecule has 452 valence electrons. The van der Waals surface area contributed by atoms with Gasteiger partial charge in [0.15, 0.2) is 0 Å². The standard InChI is InChI=1S/2C34H66O4.Ca/c2*1-3-5-7-9-11-13-15-17-19-21-23-25-27-29-34(37)38-32(30-31-33(35)36)28-26-24-22-20-18-16-14-12-10-8-6-4-2;/h2*32H,3-31H2,1-2H3,(H,35,36);/q;;+2/p-2. The molecule has 2 unspecified atom stereocenters. The van der Waals surface area contributed by atoms with E-state index in [9.17, 15) is 29.4 Å².